The fraction of sp³-hybridized carbons (Fsp3) is 0.786. The van der Waals surface area contributed by atoms with E-state index in [0.29, 0.717) is 12.0 Å². The summed E-state index contributed by atoms with van der Waals surface area (Å²) in [5, 5.41) is 4.91. The molecule has 0 saturated heterocycles. The Balaban J connectivity index is 2.79. The molecule has 1 N–H and O–H groups in total. The minimum Gasteiger partial charge on any atom is -0.308 e. The van der Waals surface area contributed by atoms with E-state index in [2.05, 4.69) is 39.9 Å². The molecule has 0 spiro atoms. The number of rotatable bonds is 7. The summed E-state index contributed by atoms with van der Waals surface area (Å²) in [5.74, 6) is 0.707. The molecule has 0 aromatic carbocycles. The molecule has 1 atom stereocenters. The van der Waals surface area contributed by atoms with Crippen LogP contribution in [0.15, 0.2) is 0 Å². The number of hydrogen-bond acceptors (Lipinski definition) is 3. The topological polar surface area (TPSA) is 24.9 Å². The molecule has 1 aromatic rings. The maximum absolute atomic E-state index is 4.79. The van der Waals surface area contributed by atoms with Crippen molar-refractivity contribution in [3.63, 3.8) is 0 Å². The van der Waals surface area contributed by atoms with Gasteiger partial charge >= 0.3 is 0 Å². The second kappa shape index (κ2) is 7.12. The summed E-state index contributed by atoms with van der Waals surface area (Å²) in [6.45, 7) is 12.2. The van der Waals surface area contributed by atoms with Crippen molar-refractivity contribution >= 4 is 11.3 Å². The third kappa shape index (κ3) is 4.40. The standard InChI is InChI=1S/C14H26N2S/c1-6-8-15-13(9-10(3)4)14-16-12(7-2)11(5)17-14/h10,13,15H,6-9H2,1-5H3. The van der Waals surface area contributed by atoms with Crippen LogP contribution in [-0.4, -0.2) is 11.5 Å². The molecule has 3 heteroatoms. The molecule has 1 rings (SSSR count). The first-order chi connectivity index (χ1) is 8.08. The lowest BCUT2D eigenvalue weighted by Gasteiger charge is -2.18. The van der Waals surface area contributed by atoms with Gasteiger partial charge in [0.05, 0.1) is 11.7 Å². The van der Waals surface area contributed by atoms with Gasteiger partial charge in [-0.15, -0.1) is 11.3 Å². The van der Waals surface area contributed by atoms with E-state index in [0.717, 1.165) is 13.0 Å². The largest absolute Gasteiger partial charge is 0.308 e. The number of nitrogens with one attached hydrogen (secondary N) is 1. The lowest BCUT2D eigenvalue weighted by molar-refractivity contribution is 0.428. The van der Waals surface area contributed by atoms with Gasteiger partial charge in [-0.2, -0.15) is 0 Å². The zero-order chi connectivity index (χ0) is 12.8. The number of nitrogens with zero attached hydrogens (tertiary/aromatic N) is 1. The van der Waals surface area contributed by atoms with Crippen molar-refractivity contribution in [2.24, 2.45) is 5.92 Å². The minimum absolute atomic E-state index is 0.443. The summed E-state index contributed by atoms with van der Waals surface area (Å²) in [7, 11) is 0. The quantitative estimate of drug-likeness (QED) is 0.792. The molecule has 1 aromatic heterocycles. The molecule has 17 heavy (non-hydrogen) atoms. The van der Waals surface area contributed by atoms with Gasteiger partial charge in [0.2, 0.25) is 0 Å². The van der Waals surface area contributed by atoms with Crippen molar-refractivity contribution in [3.8, 4) is 0 Å². The molecule has 0 radical (unpaired) electrons. The van der Waals surface area contributed by atoms with E-state index in [9.17, 15) is 0 Å². The second-order valence-corrected chi connectivity index (χ2v) is 6.28. The van der Waals surface area contributed by atoms with Gasteiger partial charge in [-0.05, 0) is 38.6 Å². The first-order valence-electron chi connectivity index (χ1n) is 6.78. The van der Waals surface area contributed by atoms with Crippen LogP contribution in [0.25, 0.3) is 0 Å². The van der Waals surface area contributed by atoms with E-state index in [1.165, 1.54) is 28.4 Å². The van der Waals surface area contributed by atoms with Crippen molar-refractivity contribution in [2.45, 2.75) is 59.9 Å². The molecule has 0 bridgehead atoms. The van der Waals surface area contributed by atoms with Crippen LogP contribution >= 0.6 is 11.3 Å². The molecule has 98 valence electrons. The predicted octanol–water partition coefficient (Wildman–Crippen LogP) is 4.10. The predicted molar refractivity (Wildman–Crippen MR) is 76.7 cm³/mol. The van der Waals surface area contributed by atoms with Crippen LogP contribution < -0.4 is 5.32 Å². The van der Waals surface area contributed by atoms with Crippen molar-refractivity contribution in [2.75, 3.05) is 6.54 Å². The Kier molecular flexibility index (Phi) is 6.14. The second-order valence-electron chi connectivity index (χ2n) is 5.04. The third-order valence-electron chi connectivity index (χ3n) is 2.89. The third-order valence-corrected chi connectivity index (χ3v) is 4.02. The molecule has 1 unspecified atom stereocenters. The summed E-state index contributed by atoms with van der Waals surface area (Å²) in [5.41, 5.74) is 1.28. The Morgan fingerprint density at radius 1 is 1.29 bits per heavy atom. The Labute approximate surface area is 110 Å². The average Bonchev–Trinajstić information content (AvgIpc) is 2.65. The molecule has 0 aliphatic heterocycles. The number of hydrogen-bond donors (Lipinski definition) is 1. The molecule has 0 aliphatic carbocycles. The summed E-state index contributed by atoms with van der Waals surface area (Å²) in [6, 6.07) is 0.443. The molecule has 1 heterocycles. The first kappa shape index (κ1) is 14.7. The summed E-state index contributed by atoms with van der Waals surface area (Å²) in [6.07, 6.45) is 3.40. The van der Waals surface area contributed by atoms with Crippen LogP contribution in [0, 0.1) is 12.8 Å². The number of aryl methyl sites for hydroxylation is 2. The van der Waals surface area contributed by atoms with Gasteiger partial charge in [0.15, 0.2) is 0 Å². The van der Waals surface area contributed by atoms with E-state index in [-0.39, 0.29) is 0 Å². The minimum atomic E-state index is 0.443. The van der Waals surface area contributed by atoms with Crippen molar-refractivity contribution < 1.29 is 0 Å². The van der Waals surface area contributed by atoms with E-state index in [4.69, 9.17) is 4.98 Å². The maximum atomic E-state index is 4.79. The summed E-state index contributed by atoms with van der Waals surface area (Å²) >= 11 is 1.87. The normalized spacial score (nSPS) is 13.3. The van der Waals surface area contributed by atoms with Gasteiger partial charge in [-0.1, -0.05) is 27.7 Å². The van der Waals surface area contributed by atoms with Gasteiger partial charge in [-0.25, -0.2) is 4.98 Å². The molecule has 0 fully saturated rings. The van der Waals surface area contributed by atoms with E-state index in [1.807, 2.05) is 11.3 Å². The van der Waals surface area contributed by atoms with Crippen LogP contribution in [0.4, 0.5) is 0 Å². The molecule has 0 saturated carbocycles. The van der Waals surface area contributed by atoms with E-state index < -0.39 is 0 Å². The van der Waals surface area contributed by atoms with Gasteiger partial charge in [0.25, 0.3) is 0 Å². The first-order valence-corrected chi connectivity index (χ1v) is 7.59. The van der Waals surface area contributed by atoms with Gasteiger partial charge in [0, 0.05) is 4.88 Å². The smallest absolute Gasteiger partial charge is 0.110 e. The van der Waals surface area contributed by atoms with Gasteiger partial charge < -0.3 is 5.32 Å². The van der Waals surface area contributed by atoms with Crippen molar-refractivity contribution in [1.29, 1.82) is 0 Å². The fourth-order valence-corrected chi connectivity index (χ4v) is 3.09. The van der Waals surface area contributed by atoms with E-state index in [1.54, 1.807) is 0 Å². The number of thiazole rings is 1. The SMILES string of the molecule is CCCNC(CC(C)C)c1nc(CC)c(C)s1. The fourth-order valence-electron chi connectivity index (χ4n) is 1.99. The Hall–Kier alpha value is -0.410. The summed E-state index contributed by atoms with van der Waals surface area (Å²) < 4.78 is 0. The summed E-state index contributed by atoms with van der Waals surface area (Å²) in [4.78, 5) is 6.17. The lowest BCUT2D eigenvalue weighted by Crippen LogP contribution is -2.23. The molecule has 0 amide bonds. The monoisotopic (exact) mass is 254 g/mol. The highest BCUT2D eigenvalue weighted by Crippen LogP contribution is 2.27. The Bertz CT molecular complexity index is 331. The zero-order valence-electron chi connectivity index (χ0n) is 11.8. The molecular formula is C14H26N2S. The van der Waals surface area contributed by atoms with Crippen LogP contribution in [0.5, 0.6) is 0 Å². The lowest BCUT2D eigenvalue weighted by atomic mass is 10.0. The Morgan fingerprint density at radius 3 is 2.47 bits per heavy atom. The highest BCUT2D eigenvalue weighted by Gasteiger charge is 2.17. The molecule has 2 nitrogen and oxygen atoms in total. The average molecular weight is 254 g/mol. The van der Waals surface area contributed by atoms with Crippen LogP contribution in [0.1, 0.15) is 62.2 Å². The van der Waals surface area contributed by atoms with Crippen LogP contribution in [-0.2, 0) is 6.42 Å². The van der Waals surface area contributed by atoms with E-state index >= 15 is 0 Å². The zero-order valence-corrected chi connectivity index (χ0v) is 12.7. The van der Waals surface area contributed by atoms with Gasteiger partial charge in [-0.3, -0.25) is 0 Å². The van der Waals surface area contributed by atoms with Crippen LogP contribution in [0.3, 0.4) is 0 Å². The molecule has 0 aliphatic rings. The highest BCUT2D eigenvalue weighted by molar-refractivity contribution is 7.11. The number of aromatic nitrogens is 1. The Morgan fingerprint density at radius 2 is 2.00 bits per heavy atom. The van der Waals surface area contributed by atoms with Crippen molar-refractivity contribution in [3.05, 3.63) is 15.6 Å². The molecular weight excluding hydrogens is 228 g/mol. The maximum Gasteiger partial charge on any atom is 0.110 e. The van der Waals surface area contributed by atoms with Crippen LogP contribution in [0.2, 0.25) is 0 Å². The van der Waals surface area contributed by atoms with Crippen molar-refractivity contribution in [1.82, 2.24) is 10.3 Å². The highest BCUT2D eigenvalue weighted by atomic mass is 32.1. The van der Waals surface area contributed by atoms with Gasteiger partial charge in [0.1, 0.15) is 5.01 Å².